The molecule has 1 aromatic heterocycles. The number of carbonyl (C=O) groups excluding carboxylic acids is 2. The van der Waals surface area contributed by atoms with Crippen molar-refractivity contribution in [3.8, 4) is 11.3 Å². The van der Waals surface area contributed by atoms with Crippen LogP contribution < -0.4 is 5.32 Å². The monoisotopic (exact) mass is 455 g/mol. The SMILES string of the molecule is Cc1onc(-c2c(F)cccc2Cl)c1C(=O)Nc1ccc(CCC(=O)N2CCCC2)cc1. The van der Waals surface area contributed by atoms with E-state index in [1.54, 1.807) is 19.1 Å². The second-order valence-electron chi connectivity index (χ2n) is 7.80. The number of anilines is 1. The molecule has 1 aliphatic heterocycles. The van der Waals surface area contributed by atoms with Crippen LogP contribution >= 0.6 is 11.6 Å². The number of halogens is 2. The lowest BCUT2D eigenvalue weighted by molar-refractivity contribution is -0.130. The summed E-state index contributed by atoms with van der Waals surface area (Å²) in [5.74, 6) is -0.626. The van der Waals surface area contributed by atoms with Gasteiger partial charge in [-0.25, -0.2) is 4.39 Å². The predicted molar refractivity (Wildman–Crippen MR) is 120 cm³/mol. The van der Waals surface area contributed by atoms with Gasteiger partial charge >= 0.3 is 0 Å². The number of nitrogens with zero attached hydrogens (tertiary/aromatic N) is 2. The minimum atomic E-state index is -0.590. The summed E-state index contributed by atoms with van der Waals surface area (Å²) in [6.45, 7) is 3.29. The summed E-state index contributed by atoms with van der Waals surface area (Å²) in [6, 6.07) is 11.6. The first-order chi connectivity index (χ1) is 15.4. The Labute approximate surface area is 190 Å². The Morgan fingerprint density at radius 2 is 1.88 bits per heavy atom. The van der Waals surface area contributed by atoms with E-state index in [9.17, 15) is 14.0 Å². The van der Waals surface area contributed by atoms with Gasteiger partial charge in [-0.3, -0.25) is 9.59 Å². The minimum absolute atomic E-state index is 0.0224. The molecule has 1 fully saturated rings. The van der Waals surface area contributed by atoms with Gasteiger partial charge in [0.2, 0.25) is 5.91 Å². The smallest absolute Gasteiger partial charge is 0.261 e. The van der Waals surface area contributed by atoms with Gasteiger partial charge in [-0.1, -0.05) is 35.0 Å². The molecule has 0 bridgehead atoms. The zero-order valence-electron chi connectivity index (χ0n) is 17.7. The van der Waals surface area contributed by atoms with E-state index in [1.807, 2.05) is 17.0 Å². The summed E-state index contributed by atoms with van der Waals surface area (Å²) in [6.07, 6.45) is 3.27. The predicted octanol–water partition coefficient (Wildman–Crippen LogP) is 5.25. The number of aryl methyl sites for hydroxylation is 2. The number of likely N-dealkylation sites (tertiary alicyclic amines) is 1. The van der Waals surface area contributed by atoms with Crippen LogP contribution in [0.15, 0.2) is 47.0 Å². The Morgan fingerprint density at radius 3 is 2.56 bits per heavy atom. The molecule has 0 aliphatic carbocycles. The van der Waals surface area contributed by atoms with Crippen molar-refractivity contribution < 1.29 is 18.5 Å². The fourth-order valence-electron chi connectivity index (χ4n) is 3.86. The number of nitrogens with one attached hydrogen (secondary N) is 1. The van der Waals surface area contributed by atoms with Crippen LogP contribution in [0.2, 0.25) is 5.02 Å². The first-order valence-corrected chi connectivity index (χ1v) is 10.9. The van der Waals surface area contributed by atoms with Crippen LogP contribution in [0.5, 0.6) is 0 Å². The molecule has 0 unspecified atom stereocenters. The van der Waals surface area contributed by atoms with Crippen LogP contribution in [0.3, 0.4) is 0 Å². The highest BCUT2D eigenvalue weighted by atomic mass is 35.5. The van der Waals surface area contributed by atoms with Crippen molar-refractivity contribution in [1.29, 1.82) is 0 Å². The molecular weight excluding hydrogens is 433 g/mol. The topological polar surface area (TPSA) is 75.4 Å². The quantitative estimate of drug-likeness (QED) is 0.550. The van der Waals surface area contributed by atoms with Crippen molar-refractivity contribution in [3.05, 3.63) is 70.2 Å². The van der Waals surface area contributed by atoms with Crippen LogP contribution in [0.1, 0.15) is 40.9 Å². The molecule has 3 aromatic rings. The molecule has 0 atom stereocenters. The number of carbonyl (C=O) groups is 2. The summed E-state index contributed by atoms with van der Waals surface area (Å²) in [5, 5.41) is 6.79. The third kappa shape index (κ3) is 4.67. The molecule has 1 saturated heterocycles. The summed E-state index contributed by atoms with van der Waals surface area (Å²) >= 11 is 6.14. The van der Waals surface area contributed by atoms with Crippen molar-refractivity contribution >= 4 is 29.1 Å². The Kier molecular flexibility index (Phi) is 6.55. The van der Waals surface area contributed by atoms with Gasteiger partial charge in [-0.05, 0) is 56.0 Å². The molecule has 1 aliphatic rings. The molecule has 32 heavy (non-hydrogen) atoms. The molecule has 2 aromatic carbocycles. The standard InChI is InChI=1S/C24H23ClFN3O3/c1-15-21(23(28-32-15)22-18(25)5-4-6-19(22)26)24(31)27-17-10-7-16(8-11-17)9-12-20(30)29-13-2-3-14-29/h4-8,10-11H,2-3,9,12-14H2,1H3,(H,27,31). The third-order valence-electron chi connectivity index (χ3n) is 5.59. The maximum absolute atomic E-state index is 14.4. The van der Waals surface area contributed by atoms with E-state index in [-0.39, 0.29) is 33.5 Å². The van der Waals surface area contributed by atoms with Crippen LogP contribution in [0.25, 0.3) is 11.3 Å². The minimum Gasteiger partial charge on any atom is -0.360 e. The summed E-state index contributed by atoms with van der Waals surface area (Å²) in [4.78, 5) is 27.1. The fourth-order valence-corrected chi connectivity index (χ4v) is 4.11. The maximum Gasteiger partial charge on any atom is 0.261 e. The number of rotatable bonds is 6. The number of amides is 2. The molecule has 0 saturated carbocycles. The van der Waals surface area contributed by atoms with Gasteiger partial charge in [0.1, 0.15) is 22.8 Å². The zero-order valence-corrected chi connectivity index (χ0v) is 18.4. The van der Waals surface area contributed by atoms with Crippen LogP contribution in [0, 0.1) is 12.7 Å². The average molecular weight is 456 g/mol. The highest BCUT2D eigenvalue weighted by Crippen LogP contribution is 2.33. The van der Waals surface area contributed by atoms with E-state index in [4.69, 9.17) is 16.1 Å². The largest absolute Gasteiger partial charge is 0.360 e. The van der Waals surface area contributed by atoms with Crippen molar-refractivity contribution in [2.75, 3.05) is 18.4 Å². The van der Waals surface area contributed by atoms with Gasteiger partial charge in [0.05, 0.1) is 10.6 Å². The molecule has 166 valence electrons. The second kappa shape index (κ2) is 9.53. The van der Waals surface area contributed by atoms with Crippen molar-refractivity contribution in [1.82, 2.24) is 10.1 Å². The number of benzene rings is 2. The molecule has 2 amide bonds. The number of hydrogen-bond acceptors (Lipinski definition) is 4. The molecular formula is C24H23ClFN3O3. The zero-order chi connectivity index (χ0) is 22.7. The molecule has 0 radical (unpaired) electrons. The van der Waals surface area contributed by atoms with E-state index in [2.05, 4.69) is 10.5 Å². The van der Waals surface area contributed by atoms with Gasteiger partial charge in [-0.15, -0.1) is 0 Å². The second-order valence-corrected chi connectivity index (χ2v) is 8.21. The fraction of sp³-hybridized carbons (Fsp3) is 0.292. The average Bonchev–Trinajstić information content (AvgIpc) is 3.43. The number of aromatic nitrogens is 1. The van der Waals surface area contributed by atoms with Crippen LogP contribution in [-0.4, -0.2) is 35.0 Å². The van der Waals surface area contributed by atoms with Crippen molar-refractivity contribution in [2.45, 2.75) is 32.6 Å². The van der Waals surface area contributed by atoms with Crippen LogP contribution in [0.4, 0.5) is 10.1 Å². The normalized spacial score (nSPS) is 13.4. The summed E-state index contributed by atoms with van der Waals surface area (Å²) in [5.41, 5.74) is 1.78. The molecule has 2 heterocycles. The van der Waals surface area contributed by atoms with Gasteiger partial charge < -0.3 is 14.7 Å². The first kappa shape index (κ1) is 22.0. The Balaban J connectivity index is 1.45. The Hall–Kier alpha value is -3.19. The third-order valence-corrected chi connectivity index (χ3v) is 5.90. The molecule has 0 spiro atoms. The Bertz CT molecular complexity index is 1120. The van der Waals surface area contributed by atoms with E-state index in [1.165, 1.54) is 18.2 Å². The maximum atomic E-state index is 14.4. The molecule has 4 rings (SSSR count). The van der Waals surface area contributed by atoms with Gasteiger partial charge in [0.25, 0.3) is 5.91 Å². The lowest BCUT2D eigenvalue weighted by atomic mass is 10.0. The lowest BCUT2D eigenvalue weighted by Gasteiger charge is -2.15. The van der Waals surface area contributed by atoms with E-state index in [0.29, 0.717) is 18.5 Å². The van der Waals surface area contributed by atoms with Crippen molar-refractivity contribution in [3.63, 3.8) is 0 Å². The molecule has 8 heteroatoms. The van der Waals surface area contributed by atoms with Gasteiger partial charge in [0, 0.05) is 25.2 Å². The van der Waals surface area contributed by atoms with Crippen LogP contribution in [-0.2, 0) is 11.2 Å². The summed E-state index contributed by atoms with van der Waals surface area (Å²) < 4.78 is 19.5. The molecule has 1 N–H and O–H groups in total. The summed E-state index contributed by atoms with van der Waals surface area (Å²) in [7, 11) is 0. The number of hydrogen-bond donors (Lipinski definition) is 1. The lowest BCUT2D eigenvalue weighted by Crippen LogP contribution is -2.27. The van der Waals surface area contributed by atoms with E-state index >= 15 is 0 Å². The highest BCUT2D eigenvalue weighted by molar-refractivity contribution is 6.33. The van der Waals surface area contributed by atoms with E-state index < -0.39 is 11.7 Å². The Morgan fingerprint density at radius 1 is 1.16 bits per heavy atom. The first-order valence-electron chi connectivity index (χ1n) is 10.5. The van der Waals surface area contributed by atoms with Gasteiger partial charge in [-0.2, -0.15) is 0 Å². The molecule has 6 nitrogen and oxygen atoms in total. The van der Waals surface area contributed by atoms with E-state index in [0.717, 1.165) is 31.5 Å². The highest BCUT2D eigenvalue weighted by Gasteiger charge is 2.25. The van der Waals surface area contributed by atoms with Crippen molar-refractivity contribution in [2.24, 2.45) is 0 Å². The van der Waals surface area contributed by atoms with Gasteiger partial charge in [0.15, 0.2) is 0 Å².